The topological polar surface area (TPSA) is 29.1 Å². The Balaban J connectivity index is 2.70. The van der Waals surface area contributed by atoms with Gasteiger partial charge >= 0.3 is 0 Å². The molecule has 0 aliphatic heterocycles. The molecule has 0 spiro atoms. The number of alkyl halides is 1. The predicted octanol–water partition coefficient (Wildman–Crippen LogP) is 3.89. The van der Waals surface area contributed by atoms with Crippen LogP contribution in [0, 0.1) is 6.92 Å². The molecule has 0 aliphatic rings. The first-order chi connectivity index (χ1) is 7.90. The first kappa shape index (κ1) is 14.5. The molecule has 1 N–H and O–H groups in total. The summed E-state index contributed by atoms with van der Waals surface area (Å²) in [7, 11) is 0. The minimum atomic E-state index is -0.0418. The molecule has 0 saturated carbocycles. The van der Waals surface area contributed by atoms with E-state index in [-0.39, 0.29) is 17.3 Å². The third kappa shape index (κ3) is 4.68. The molecule has 1 rings (SSSR count). The van der Waals surface area contributed by atoms with Gasteiger partial charge in [0.25, 0.3) is 5.91 Å². The van der Waals surface area contributed by atoms with Crippen LogP contribution in [-0.2, 0) is 0 Å². The van der Waals surface area contributed by atoms with E-state index in [4.69, 9.17) is 11.6 Å². The molecule has 2 atom stereocenters. The van der Waals surface area contributed by atoms with Crippen molar-refractivity contribution >= 4 is 33.4 Å². The van der Waals surface area contributed by atoms with Crippen LogP contribution in [0.25, 0.3) is 0 Å². The van der Waals surface area contributed by atoms with Gasteiger partial charge in [0, 0.05) is 21.5 Å². The molecule has 17 heavy (non-hydrogen) atoms. The molecule has 0 radical (unpaired) electrons. The Morgan fingerprint density at radius 1 is 1.47 bits per heavy atom. The summed E-state index contributed by atoms with van der Waals surface area (Å²) < 4.78 is 0.981. The third-order valence-corrected chi connectivity index (χ3v) is 3.16. The van der Waals surface area contributed by atoms with E-state index >= 15 is 0 Å². The van der Waals surface area contributed by atoms with Gasteiger partial charge in [-0.05, 0) is 51.0 Å². The molecule has 1 amide bonds. The average molecular weight is 319 g/mol. The second-order valence-electron chi connectivity index (χ2n) is 4.35. The number of carbonyl (C=O) groups is 1. The SMILES string of the molecule is Cc1cc(Br)ccc1C(=O)NC(C)CC(C)Cl. The minimum Gasteiger partial charge on any atom is -0.350 e. The third-order valence-electron chi connectivity index (χ3n) is 2.49. The summed E-state index contributed by atoms with van der Waals surface area (Å²) in [6, 6.07) is 5.71. The Morgan fingerprint density at radius 2 is 2.12 bits per heavy atom. The first-order valence-electron chi connectivity index (χ1n) is 5.61. The number of amides is 1. The fraction of sp³-hybridized carbons (Fsp3) is 0.462. The van der Waals surface area contributed by atoms with Gasteiger partial charge in [-0.25, -0.2) is 0 Å². The Kier molecular flexibility index (Phi) is 5.47. The van der Waals surface area contributed by atoms with Crippen molar-refractivity contribution in [1.29, 1.82) is 0 Å². The van der Waals surface area contributed by atoms with E-state index in [1.807, 2.05) is 39.0 Å². The van der Waals surface area contributed by atoms with Crippen molar-refractivity contribution in [2.24, 2.45) is 0 Å². The van der Waals surface area contributed by atoms with Crippen molar-refractivity contribution in [3.8, 4) is 0 Å². The fourth-order valence-electron chi connectivity index (χ4n) is 1.73. The number of rotatable bonds is 4. The zero-order chi connectivity index (χ0) is 13.0. The van der Waals surface area contributed by atoms with Crippen LogP contribution in [0.4, 0.5) is 0 Å². The zero-order valence-corrected chi connectivity index (χ0v) is 12.6. The van der Waals surface area contributed by atoms with Crippen molar-refractivity contribution in [3.63, 3.8) is 0 Å². The summed E-state index contributed by atoms with van der Waals surface area (Å²) in [6.45, 7) is 5.81. The lowest BCUT2D eigenvalue weighted by Crippen LogP contribution is -2.34. The van der Waals surface area contributed by atoms with Gasteiger partial charge < -0.3 is 5.32 Å². The molecule has 0 fully saturated rings. The van der Waals surface area contributed by atoms with Crippen LogP contribution >= 0.6 is 27.5 Å². The van der Waals surface area contributed by atoms with Crippen LogP contribution in [0.3, 0.4) is 0 Å². The lowest BCUT2D eigenvalue weighted by atomic mass is 10.1. The lowest BCUT2D eigenvalue weighted by Gasteiger charge is -2.16. The number of aryl methyl sites for hydroxylation is 1. The van der Waals surface area contributed by atoms with Crippen LogP contribution in [0.2, 0.25) is 0 Å². The maximum Gasteiger partial charge on any atom is 0.251 e. The van der Waals surface area contributed by atoms with Gasteiger partial charge in [0.05, 0.1) is 0 Å². The van der Waals surface area contributed by atoms with E-state index in [1.54, 1.807) is 0 Å². The van der Waals surface area contributed by atoms with Gasteiger partial charge in [-0.1, -0.05) is 15.9 Å². The highest BCUT2D eigenvalue weighted by Gasteiger charge is 2.13. The van der Waals surface area contributed by atoms with Gasteiger partial charge in [-0.3, -0.25) is 4.79 Å². The fourth-order valence-corrected chi connectivity index (χ4v) is 2.47. The predicted molar refractivity (Wildman–Crippen MR) is 75.7 cm³/mol. The molecule has 2 nitrogen and oxygen atoms in total. The van der Waals surface area contributed by atoms with E-state index in [2.05, 4.69) is 21.2 Å². The normalized spacial score (nSPS) is 14.2. The second kappa shape index (κ2) is 6.41. The Morgan fingerprint density at radius 3 is 2.65 bits per heavy atom. The van der Waals surface area contributed by atoms with Gasteiger partial charge in [-0.2, -0.15) is 0 Å². The second-order valence-corrected chi connectivity index (χ2v) is 6.01. The van der Waals surface area contributed by atoms with E-state index in [9.17, 15) is 4.79 Å². The van der Waals surface area contributed by atoms with Gasteiger partial charge in [-0.15, -0.1) is 11.6 Å². The molecule has 0 aromatic heterocycles. The largest absolute Gasteiger partial charge is 0.350 e. The number of hydrogen-bond acceptors (Lipinski definition) is 1. The van der Waals surface area contributed by atoms with Crippen LogP contribution in [0.15, 0.2) is 22.7 Å². The molecule has 0 heterocycles. The van der Waals surface area contributed by atoms with Gasteiger partial charge in [0.1, 0.15) is 0 Å². The van der Waals surface area contributed by atoms with Crippen molar-refractivity contribution in [1.82, 2.24) is 5.32 Å². The Hall–Kier alpha value is -0.540. The number of hydrogen-bond donors (Lipinski definition) is 1. The molecule has 1 aromatic rings. The number of benzene rings is 1. The van der Waals surface area contributed by atoms with Gasteiger partial charge in [0.15, 0.2) is 0 Å². The first-order valence-corrected chi connectivity index (χ1v) is 6.84. The molecular formula is C13H17BrClNO. The quantitative estimate of drug-likeness (QED) is 0.838. The van der Waals surface area contributed by atoms with Crippen LogP contribution in [0.5, 0.6) is 0 Å². The van der Waals surface area contributed by atoms with Crippen LogP contribution in [-0.4, -0.2) is 17.3 Å². The number of nitrogens with one attached hydrogen (secondary N) is 1. The van der Waals surface area contributed by atoms with Crippen LogP contribution < -0.4 is 5.32 Å². The number of carbonyl (C=O) groups excluding carboxylic acids is 1. The molecule has 0 saturated heterocycles. The lowest BCUT2D eigenvalue weighted by molar-refractivity contribution is 0.0938. The molecule has 94 valence electrons. The minimum absolute atomic E-state index is 0.0418. The molecule has 2 unspecified atom stereocenters. The summed E-state index contributed by atoms with van der Waals surface area (Å²) in [5.74, 6) is -0.0418. The van der Waals surface area contributed by atoms with Gasteiger partial charge in [0.2, 0.25) is 0 Å². The van der Waals surface area contributed by atoms with Crippen molar-refractivity contribution in [2.45, 2.75) is 38.6 Å². The van der Waals surface area contributed by atoms with E-state index in [0.717, 1.165) is 16.5 Å². The molecular weight excluding hydrogens is 302 g/mol. The maximum atomic E-state index is 12.0. The summed E-state index contributed by atoms with van der Waals surface area (Å²) in [5.41, 5.74) is 1.67. The summed E-state index contributed by atoms with van der Waals surface area (Å²) in [4.78, 5) is 12.0. The molecule has 0 aliphatic carbocycles. The number of halogens is 2. The summed E-state index contributed by atoms with van der Waals surface area (Å²) >= 11 is 9.28. The van der Waals surface area contributed by atoms with E-state index < -0.39 is 0 Å². The molecule has 1 aromatic carbocycles. The Labute approximate surface area is 116 Å². The average Bonchev–Trinajstić information content (AvgIpc) is 2.15. The Bertz CT molecular complexity index is 406. The van der Waals surface area contributed by atoms with E-state index in [1.165, 1.54) is 0 Å². The highest BCUT2D eigenvalue weighted by molar-refractivity contribution is 9.10. The molecule has 0 bridgehead atoms. The standard InChI is InChI=1S/C13H17BrClNO/c1-8-6-11(14)4-5-12(8)13(17)16-10(3)7-9(2)15/h4-6,9-10H,7H2,1-3H3,(H,16,17). The van der Waals surface area contributed by atoms with Crippen molar-refractivity contribution < 1.29 is 4.79 Å². The van der Waals surface area contributed by atoms with E-state index in [0.29, 0.717) is 5.56 Å². The monoisotopic (exact) mass is 317 g/mol. The molecule has 4 heteroatoms. The highest BCUT2D eigenvalue weighted by atomic mass is 79.9. The zero-order valence-electron chi connectivity index (χ0n) is 10.3. The summed E-state index contributed by atoms with van der Waals surface area (Å²) in [5, 5.41) is 3.02. The van der Waals surface area contributed by atoms with Crippen molar-refractivity contribution in [2.75, 3.05) is 0 Å². The summed E-state index contributed by atoms with van der Waals surface area (Å²) in [6.07, 6.45) is 0.767. The maximum absolute atomic E-state index is 12.0. The van der Waals surface area contributed by atoms with Crippen molar-refractivity contribution in [3.05, 3.63) is 33.8 Å². The smallest absolute Gasteiger partial charge is 0.251 e. The van der Waals surface area contributed by atoms with Crippen LogP contribution in [0.1, 0.15) is 36.2 Å². The highest BCUT2D eigenvalue weighted by Crippen LogP contribution is 2.16.